The molecule has 0 aromatic carbocycles. The highest BCUT2D eigenvalue weighted by molar-refractivity contribution is 5.85. The van der Waals surface area contributed by atoms with E-state index in [4.69, 9.17) is 0 Å². The van der Waals surface area contributed by atoms with Gasteiger partial charge in [0.2, 0.25) is 0 Å². The summed E-state index contributed by atoms with van der Waals surface area (Å²) in [7, 11) is 4.26. The summed E-state index contributed by atoms with van der Waals surface area (Å²) in [6.45, 7) is 3.45. The maximum Gasteiger partial charge on any atom is 0.000980 e. The van der Waals surface area contributed by atoms with Crippen LogP contribution in [0.15, 0.2) is 12.2 Å². The molecular weight excluding hydrogens is 230 g/mol. The predicted octanol–water partition coefficient (Wildman–Crippen LogP) is 5.06. The van der Waals surface area contributed by atoms with Crippen molar-refractivity contribution in [3.05, 3.63) is 12.2 Å². The molecule has 0 aliphatic rings. The highest BCUT2D eigenvalue weighted by atomic mass is 35.5. The first-order chi connectivity index (χ1) is 7.77. The maximum absolute atomic E-state index is 2.36. The van der Waals surface area contributed by atoms with Crippen molar-refractivity contribution in [2.24, 2.45) is 0 Å². The minimum absolute atomic E-state index is 0. The normalized spacial score (nSPS) is 11.1. The molecule has 0 aromatic heterocycles. The van der Waals surface area contributed by atoms with Gasteiger partial charge in [0.15, 0.2) is 0 Å². The van der Waals surface area contributed by atoms with E-state index in [2.05, 4.69) is 38.1 Å². The molecule has 0 rings (SSSR count). The molecule has 0 heterocycles. The number of rotatable bonds is 11. The average molecular weight is 262 g/mol. The van der Waals surface area contributed by atoms with Gasteiger partial charge in [-0.3, -0.25) is 0 Å². The van der Waals surface area contributed by atoms with Crippen molar-refractivity contribution in [1.29, 1.82) is 0 Å². The van der Waals surface area contributed by atoms with E-state index in [1.165, 1.54) is 64.3 Å². The molecule has 0 N–H and O–H groups in total. The lowest BCUT2D eigenvalue weighted by Crippen LogP contribution is -2.11. The minimum atomic E-state index is 0. The van der Waals surface area contributed by atoms with Crippen molar-refractivity contribution in [3.8, 4) is 0 Å². The van der Waals surface area contributed by atoms with Gasteiger partial charge >= 0.3 is 0 Å². The molecule has 0 unspecified atom stereocenters. The quantitative estimate of drug-likeness (QED) is 0.371. The monoisotopic (exact) mass is 261 g/mol. The van der Waals surface area contributed by atoms with Crippen molar-refractivity contribution >= 4 is 12.4 Å². The first kappa shape index (κ1) is 19.3. The summed E-state index contributed by atoms with van der Waals surface area (Å²) in [6, 6.07) is 0. The van der Waals surface area contributed by atoms with Gasteiger partial charge in [0.25, 0.3) is 0 Å². The van der Waals surface area contributed by atoms with Gasteiger partial charge in [-0.25, -0.2) is 0 Å². The smallest absolute Gasteiger partial charge is 0.000980 e. The Hall–Kier alpha value is -0.0100. The van der Waals surface area contributed by atoms with Crippen LogP contribution in [0.25, 0.3) is 0 Å². The van der Waals surface area contributed by atoms with Gasteiger partial charge in [-0.2, -0.15) is 0 Å². The zero-order chi connectivity index (χ0) is 12.1. The van der Waals surface area contributed by atoms with Crippen LogP contribution < -0.4 is 0 Å². The Balaban J connectivity index is 0. The van der Waals surface area contributed by atoms with Crippen molar-refractivity contribution < 1.29 is 0 Å². The SMILES string of the molecule is CCCCCCCCCC=CCCN(C)C.Cl. The summed E-state index contributed by atoms with van der Waals surface area (Å²) >= 11 is 0. The van der Waals surface area contributed by atoms with Gasteiger partial charge in [0.05, 0.1) is 0 Å². The zero-order valence-electron chi connectivity index (χ0n) is 12.1. The molecule has 0 saturated carbocycles. The lowest BCUT2D eigenvalue weighted by Gasteiger charge is -2.05. The summed E-state index contributed by atoms with van der Waals surface area (Å²) in [4.78, 5) is 2.23. The molecule has 0 saturated heterocycles. The second-order valence-electron chi connectivity index (χ2n) is 4.97. The van der Waals surface area contributed by atoms with Crippen molar-refractivity contribution in [3.63, 3.8) is 0 Å². The van der Waals surface area contributed by atoms with Crippen LogP contribution >= 0.6 is 12.4 Å². The largest absolute Gasteiger partial charge is 0.309 e. The second kappa shape index (κ2) is 16.0. The summed E-state index contributed by atoms with van der Waals surface area (Å²) < 4.78 is 0. The van der Waals surface area contributed by atoms with Crippen LogP contribution in [0.2, 0.25) is 0 Å². The summed E-state index contributed by atoms with van der Waals surface area (Å²) in [5.41, 5.74) is 0. The molecule has 0 spiro atoms. The molecule has 0 atom stereocenters. The molecule has 0 radical (unpaired) electrons. The molecule has 1 nitrogen and oxygen atoms in total. The van der Waals surface area contributed by atoms with Crippen LogP contribution in [-0.2, 0) is 0 Å². The number of allylic oxidation sites excluding steroid dienone is 1. The first-order valence-corrected chi connectivity index (χ1v) is 7.07. The maximum atomic E-state index is 2.36. The van der Waals surface area contributed by atoms with Crippen LogP contribution in [0.1, 0.15) is 64.7 Å². The topological polar surface area (TPSA) is 3.24 Å². The number of unbranched alkanes of at least 4 members (excludes halogenated alkanes) is 7. The van der Waals surface area contributed by atoms with Gasteiger partial charge in [-0.15, -0.1) is 12.4 Å². The molecule has 0 bridgehead atoms. The van der Waals surface area contributed by atoms with E-state index in [1.807, 2.05) is 0 Å². The van der Waals surface area contributed by atoms with Gasteiger partial charge < -0.3 is 4.90 Å². The van der Waals surface area contributed by atoms with Gasteiger partial charge in [-0.1, -0.05) is 57.6 Å². The van der Waals surface area contributed by atoms with Crippen molar-refractivity contribution in [2.75, 3.05) is 20.6 Å². The molecule has 2 heteroatoms. The Morgan fingerprint density at radius 2 is 1.29 bits per heavy atom. The third-order valence-electron chi connectivity index (χ3n) is 2.88. The molecule has 0 fully saturated rings. The van der Waals surface area contributed by atoms with Gasteiger partial charge in [0, 0.05) is 6.54 Å². The summed E-state index contributed by atoms with van der Waals surface area (Å²) in [5, 5.41) is 0. The fourth-order valence-corrected chi connectivity index (χ4v) is 1.79. The highest BCUT2D eigenvalue weighted by Crippen LogP contribution is 2.08. The molecule has 104 valence electrons. The van der Waals surface area contributed by atoms with Crippen LogP contribution in [0.3, 0.4) is 0 Å². The van der Waals surface area contributed by atoms with Crippen LogP contribution in [-0.4, -0.2) is 25.5 Å². The number of halogens is 1. The van der Waals surface area contributed by atoms with E-state index in [0.29, 0.717) is 0 Å². The second-order valence-corrected chi connectivity index (χ2v) is 4.97. The van der Waals surface area contributed by atoms with Gasteiger partial charge in [-0.05, 0) is 33.4 Å². The van der Waals surface area contributed by atoms with E-state index >= 15 is 0 Å². The average Bonchev–Trinajstić information content (AvgIpc) is 2.25. The standard InChI is InChI=1S/C15H31N.ClH/c1-4-5-6-7-8-9-10-11-12-13-14-15-16(2)3;/h12-13H,4-11,14-15H2,1-3H3;1H. The molecule has 0 amide bonds. The van der Waals surface area contributed by atoms with E-state index in [9.17, 15) is 0 Å². The fourth-order valence-electron chi connectivity index (χ4n) is 1.79. The molecule has 0 aliphatic carbocycles. The number of hydrogen-bond donors (Lipinski definition) is 0. The van der Waals surface area contributed by atoms with Crippen LogP contribution in [0.4, 0.5) is 0 Å². The van der Waals surface area contributed by atoms with Crippen molar-refractivity contribution in [2.45, 2.75) is 64.7 Å². The van der Waals surface area contributed by atoms with E-state index in [1.54, 1.807) is 0 Å². The Kier molecular flexibility index (Phi) is 18.2. The fraction of sp³-hybridized carbons (Fsp3) is 0.867. The highest BCUT2D eigenvalue weighted by Gasteiger charge is 1.89. The lowest BCUT2D eigenvalue weighted by atomic mass is 10.1. The van der Waals surface area contributed by atoms with Crippen LogP contribution in [0.5, 0.6) is 0 Å². The molecule has 0 aromatic rings. The Labute approximate surface area is 115 Å². The van der Waals surface area contributed by atoms with Gasteiger partial charge in [0.1, 0.15) is 0 Å². The Morgan fingerprint density at radius 3 is 1.88 bits per heavy atom. The lowest BCUT2D eigenvalue weighted by molar-refractivity contribution is 0.417. The van der Waals surface area contributed by atoms with E-state index in [0.717, 1.165) is 0 Å². The molecule has 17 heavy (non-hydrogen) atoms. The first-order valence-electron chi connectivity index (χ1n) is 7.07. The number of nitrogens with zero attached hydrogens (tertiary/aromatic N) is 1. The molecular formula is C15H32ClN. The third-order valence-corrected chi connectivity index (χ3v) is 2.88. The van der Waals surface area contributed by atoms with E-state index < -0.39 is 0 Å². The Morgan fingerprint density at radius 1 is 0.765 bits per heavy atom. The molecule has 0 aliphatic heterocycles. The third kappa shape index (κ3) is 18.5. The zero-order valence-corrected chi connectivity index (χ0v) is 12.9. The summed E-state index contributed by atoms with van der Waals surface area (Å²) in [6.07, 6.45) is 17.1. The van der Waals surface area contributed by atoms with Crippen LogP contribution in [0, 0.1) is 0 Å². The number of hydrogen-bond acceptors (Lipinski definition) is 1. The summed E-state index contributed by atoms with van der Waals surface area (Å²) in [5.74, 6) is 0. The minimum Gasteiger partial charge on any atom is -0.309 e. The van der Waals surface area contributed by atoms with E-state index in [-0.39, 0.29) is 12.4 Å². The predicted molar refractivity (Wildman–Crippen MR) is 82.2 cm³/mol. The van der Waals surface area contributed by atoms with Crippen molar-refractivity contribution in [1.82, 2.24) is 4.90 Å². The Bertz CT molecular complexity index is 155.